The smallest absolute Gasteiger partial charge is 0.223 e. The van der Waals surface area contributed by atoms with Gasteiger partial charge in [0.25, 0.3) is 0 Å². The number of nitrogens with two attached hydrogens (primary N) is 1. The van der Waals surface area contributed by atoms with Crippen molar-refractivity contribution in [3.63, 3.8) is 0 Å². The lowest BCUT2D eigenvalue weighted by Gasteiger charge is -2.29. The van der Waals surface area contributed by atoms with Gasteiger partial charge in [0.2, 0.25) is 5.91 Å². The summed E-state index contributed by atoms with van der Waals surface area (Å²) in [6, 6.07) is 5.84. The van der Waals surface area contributed by atoms with Crippen molar-refractivity contribution >= 4 is 5.91 Å². The molecule has 2 rings (SSSR count). The van der Waals surface area contributed by atoms with E-state index in [9.17, 15) is 4.79 Å². The van der Waals surface area contributed by atoms with Crippen LogP contribution < -0.4 is 15.2 Å². The number of carbonyl (C=O) groups excluding carboxylic acids is 1. The Balaban J connectivity index is 1.89. The van der Waals surface area contributed by atoms with Crippen LogP contribution in [0.25, 0.3) is 0 Å². The minimum absolute atomic E-state index is 0.0357. The van der Waals surface area contributed by atoms with Gasteiger partial charge in [-0.05, 0) is 37.0 Å². The molecule has 1 aromatic carbocycles. The van der Waals surface area contributed by atoms with Crippen LogP contribution in [-0.4, -0.2) is 32.8 Å². The standard InChI is InChI=1S/C17H25NO4/c1-20-15-8-7-12(11-16(15)21-2)9-10-22-14-6-4-3-5-13(14)17(18)19/h7-8,11,13-14H,3-6,9-10H2,1-2H3,(H2,18,19)/t13-,14?/m1/s1. The Morgan fingerprint density at radius 3 is 2.59 bits per heavy atom. The first-order chi connectivity index (χ1) is 10.7. The van der Waals surface area contributed by atoms with Crippen molar-refractivity contribution < 1.29 is 19.0 Å². The summed E-state index contributed by atoms with van der Waals surface area (Å²) < 4.78 is 16.4. The highest BCUT2D eigenvalue weighted by molar-refractivity contribution is 5.77. The van der Waals surface area contributed by atoms with Crippen molar-refractivity contribution in [1.29, 1.82) is 0 Å². The lowest BCUT2D eigenvalue weighted by Crippen LogP contribution is -2.37. The van der Waals surface area contributed by atoms with E-state index >= 15 is 0 Å². The molecule has 2 atom stereocenters. The van der Waals surface area contributed by atoms with E-state index < -0.39 is 0 Å². The molecule has 1 amide bonds. The molecule has 1 unspecified atom stereocenters. The molecule has 1 fully saturated rings. The highest BCUT2D eigenvalue weighted by atomic mass is 16.5. The minimum atomic E-state index is -0.240. The molecule has 1 aliphatic carbocycles. The normalized spacial score (nSPS) is 21.4. The number of ether oxygens (including phenoxy) is 3. The maximum atomic E-state index is 11.5. The Morgan fingerprint density at radius 1 is 1.18 bits per heavy atom. The molecule has 0 aromatic heterocycles. The third-order valence-electron chi connectivity index (χ3n) is 4.24. The van der Waals surface area contributed by atoms with Crippen molar-refractivity contribution in [1.82, 2.24) is 0 Å². The number of primary amides is 1. The number of hydrogen-bond acceptors (Lipinski definition) is 4. The van der Waals surface area contributed by atoms with E-state index in [1.54, 1.807) is 14.2 Å². The quantitative estimate of drug-likeness (QED) is 0.839. The molecule has 0 spiro atoms. The monoisotopic (exact) mass is 307 g/mol. The molecule has 5 nitrogen and oxygen atoms in total. The maximum absolute atomic E-state index is 11.5. The van der Waals surface area contributed by atoms with Crippen LogP contribution in [0.15, 0.2) is 18.2 Å². The highest BCUT2D eigenvalue weighted by Crippen LogP contribution is 2.29. The van der Waals surface area contributed by atoms with E-state index in [2.05, 4.69) is 0 Å². The second kappa shape index (κ2) is 8.03. The van der Waals surface area contributed by atoms with Gasteiger partial charge >= 0.3 is 0 Å². The molecule has 0 radical (unpaired) electrons. The predicted molar refractivity (Wildman–Crippen MR) is 84.1 cm³/mol. The summed E-state index contributed by atoms with van der Waals surface area (Å²) in [6.07, 6.45) is 4.65. The molecule has 22 heavy (non-hydrogen) atoms. The summed E-state index contributed by atoms with van der Waals surface area (Å²) in [4.78, 5) is 11.5. The summed E-state index contributed by atoms with van der Waals surface area (Å²) in [7, 11) is 3.24. The first-order valence-electron chi connectivity index (χ1n) is 7.77. The summed E-state index contributed by atoms with van der Waals surface area (Å²) in [5.74, 6) is 1.05. The topological polar surface area (TPSA) is 70.8 Å². The molecule has 0 heterocycles. The number of hydrogen-bond donors (Lipinski definition) is 1. The fraction of sp³-hybridized carbons (Fsp3) is 0.588. The number of benzene rings is 1. The lowest BCUT2D eigenvalue weighted by atomic mass is 9.86. The average molecular weight is 307 g/mol. The Labute approximate surface area is 131 Å². The Kier molecular flexibility index (Phi) is 6.07. The van der Waals surface area contributed by atoms with Gasteiger partial charge in [0.15, 0.2) is 11.5 Å². The van der Waals surface area contributed by atoms with Crippen LogP contribution in [0.2, 0.25) is 0 Å². The van der Waals surface area contributed by atoms with E-state index in [4.69, 9.17) is 19.9 Å². The molecule has 1 saturated carbocycles. The van der Waals surface area contributed by atoms with Crippen molar-refractivity contribution in [2.24, 2.45) is 11.7 Å². The minimum Gasteiger partial charge on any atom is -0.493 e. The fourth-order valence-electron chi connectivity index (χ4n) is 2.99. The Bertz CT molecular complexity index is 503. The molecule has 0 bridgehead atoms. The molecule has 5 heteroatoms. The summed E-state index contributed by atoms with van der Waals surface area (Å²) in [5.41, 5.74) is 6.58. The van der Waals surface area contributed by atoms with Crippen LogP contribution in [-0.2, 0) is 16.0 Å². The molecular formula is C17H25NO4. The van der Waals surface area contributed by atoms with Gasteiger partial charge in [-0.1, -0.05) is 18.9 Å². The van der Waals surface area contributed by atoms with E-state index in [-0.39, 0.29) is 17.9 Å². The van der Waals surface area contributed by atoms with Gasteiger partial charge in [0.1, 0.15) is 0 Å². The first kappa shape index (κ1) is 16.6. The van der Waals surface area contributed by atoms with Gasteiger partial charge in [-0.3, -0.25) is 4.79 Å². The van der Waals surface area contributed by atoms with Crippen LogP contribution in [0.5, 0.6) is 11.5 Å². The highest BCUT2D eigenvalue weighted by Gasteiger charge is 2.29. The van der Waals surface area contributed by atoms with E-state index in [1.165, 1.54) is 0 Å². The zero-order valence-corrected chi connectivity index (χ0v) is 13.3. The second-order valence-corrected chi connectivity index (χ2v) is 5.64. The third-order valence-corrected chi connectivity index (χ3v) is 4.24. The van der Waals surface area contributed by atoms with Crippen LogP contribution in [0.1, 0.15) is 31.2 Å². The molecule has 122 valence electrons. The zero-order valence-electron chi connectivity index (χ0n) is 13.3. The van der Waals surface area contributed by atoms with Crippen LogP contribution >= 0.6 is 0 Å². The summed E-state index contributed by atoms with van der Waals surface area (Å²) >= 11 is 0. The van der Waals surface area contributed by atoms with Crippen LogP contribution in [0.3, 0.4) is 0 Å². The number of methoxy groups -OCH3 is 2. The molecule has 1 aromatic rings. The predicted octanol–water partition coefficient (Wildman–Crippen LogP) is 2.31. The Morgan fingerprint density at radius 2 is 1.91 bits per heavy atom. The number of amides is 1. The zero-order chi connectivity index (χ0) is 15.9. The molecule has 0 saturated heterocycles. The van der Waals surface area contributed by atoms with Gasteiger partial charge < -0.3 is 19.9 Å². The fourth-order valence-corrected chi connectivity index (χ4v) is 2.99. The first-order valence-corrected chi connectivity index (χ1v) is 7.77. The van der Waals surface area contributed by atoms with E-state index in [0.29, 0.717) is 18.1 Å². The van der Waals surface area contributed by atoms with Crippen LogP contribution in [0, 0.1) is 5.92 Å². The van der Waals surface area contributed by atoms with Crippen molar-refractivity contribution in [2.75, 3.05) is 20.8 Å². The summed E-state index contributed by atoms with van der Waals surface area (Å²) in [5, 5.41) is 0. The van der Waals surface area contributed by atoms with Crippen molar-refractivity contribution in [3.05, 3.63) is 23.8 Å². The van der Waals surface area contributed by atoms with Gasteiger partial charge in [-0.2, -0.15) is 0 Å². The largest absolute Gasteiger partial charge is 0.493 e. The lowest BCUT2D eigenvalue weighted by molar-refractivity contribution is -0.129. The van der Waals surface area contributed by atoms with E-state index in [1.807, 2.05) is 18.2 Å². The Hall–Kier alpha value is -1.75. The SMILES string of the molecule is COc1ccc(CCOC2CCCC[C@H]2C(N)=O)cc1OC. The van der Waals surface area contributed by atoms with E-state index in [0.717, 1.165) is 37.7 Å². The van der Waals surface area contributed by atoms with Crippen molar-refractivity contribution in [3.8, 4) is 11.5 Å². The van der Waals surface area contributed by atoms with Crippen molar-refractivity contribution in [2.45, 2.75) is 38.2 Å². The van der Waals surface area contributed by atoms with Gasteiger partial charge in [0, 0.05) is 0 Å². The molecule has 0 aliphatic heterocycles. The number of rotatable bonds is 7. The summed E-state index contributed by atoms with van der Waals surface area (Å²) in [6.45, 7) is 0.573. The molecule has 2 N–H and O–H groups in total. The second-order valence-electron chi connectivity index (χ2n) is 5.64. The van der Waals surface area contributed by atoms with Gasteiger partial charge in [0.05, 0.1) is 32.8 Å². The average Bonchev–Trinajstić information content (AvgIpc) is 2.55. The number of carbonyl (C=O) groups is 1. The van der Waals surface area contributed by atoms with Crippen LogP contribution in [0.4, 0.5) is 0 Å². The van der Waals surface area contributed by atoms with Gasteiger partial charge in [-0.25, -0.2) is 0 Å². The third kappa shape index (κ3) is 4.13. The maximum Gasteiger partial charge on any atom is 0.223 e. The molecular weight excluding hydrogens is 282 g/mol. The van der Waals surface area contributed by atoms with Gasteiger partial charge in [-0.15, -0.1) is 0 Å². The molecule has 1 aliphatic rings.